The highest BCUT2D eigenvalue weighted by Gasteiger charge is 2.48. The number of halogens is 1. The summed E-state index contributed by atoms with van der Waals surface area (Å²) >= 11 is 8.10. The lowest BCUT2D eigenvalue weighted by molar-refractivity contribution is -0.0451. The van der Waals surface area contributed by atoms with Crippen LogP contribution in [-0.4, -0.2) is 29.1 Å². The van der Waals surface area contributed by atoms with E-state index in [9.17, 15) is 5.11 Å². The van der Waals surface area contributed by atoms with Crippen molar-refractivity contribution in [2.45, 2.75) is 53.5 Å². The fourth-order valence-corrected chi connectivity index (χ4v) is 6.55. The monoisotopic (exact) mass is 385 g/mol. The lowest BCUT2D eigenvalue weighted by Crippen LogP contribution is -2.52. The van der Waals surface area contributed by atoms with Crippen LogP contribution >= 0.6 is 23.4 Å². The third-order valence-electron chi connectivity index (χ3n) is 6.51. The molecular weight excluding hydrogens is 362 g/mol. The molecule has 0 aromatic heterocycles. The van der Waals surface area contributed by atoms with Gasteiger partial charge >= 0.3 is 0 Å². The number of aliphatic hydroxyl groups is 1. The van der Waals surface area contributed by atoms with Gasteiger partial charge in [-0.05, 0) is 56.5 Å². The Balaban J connectivity index is 1.61. The van der Waals surface area contributed by atoms with Gasteiger partial charge in [0.1, 0.15) is 5.60 Å². The van der Waals surface area contributed by atoms with E-state index in [2.05, 4.69) is 29.2 Å². The molecule has 136 valence electrons. The first kappa shape index (κ1) is 17.1. The summed E-state index contributed by atoms with van der Waals surface area (Å²) in [7, 11) is 0. The van der Waals surface area contributed by atoms with Crippen LogP contribution in [0, 0.1) is 5.92 Å². The molecule has 0 amide bonds. The Morgan fingerprint density at radius 1 is 1.00 bits per heavy atom. The summed E-state index contributed by atoms with van der Waals surface area (Å²) in [6.45, 7) is 2.15. The molecule has 3 heterocycles. The van der Waals surface area contributed by atoms with Crippen molar-refractivity contribution in [3.8, 4) is 0 Å². The maximum Gasteiger partial charge on any atom is 0.121 e. The van der Waals surface area contributed by atoms with E-state index in [0.29, 0.717) is 5.02 Å². The fraction of sp³-hybridized carbons (Fsp3) is 0.455. The lowest BCUT2D eigenvalue weighted by Gasteiger charge is -2.49. The largest absolute Gasteiger partial charge is 0.380 e. The number of hydrogen-bond donors (Lipinski definition) is 1. The molecular formula is C22H24ClNOS. The first-order valence-electron chi connectivity index (χ1n) is 9.70. The minimum Gasteiger partial charge on any atom is -0.380 e. The Morgan fingerprint density at radius 3 is 2.77 bits per heavy atom. The van der Waals surface area contributed by atoms with Gasteiger partial charge in [0.05, 0.1) is 0 Å². The van der Waals surface area contributed by atoms with Crippen molar-refractivity contribution in [2.24, 2.45) is 5.92 Å². The number of nitrogens with zero attached hydrogens (tertiary/aromatic N) is 1. The zero-order valence-electron chi connectivity index (χ0n) is 14.8. The molecule has 0 radical (unpaired) electrons. The van der Waals surface area contributed by atoms with Crippen molar-refractivity contribution >= 4 is 23.4 Å². The highest BCUT2D eigenvalue weighted by atomic mass is 35.5. The van der Waals surface area contributed by atoms with Crippen LogP contribution in [0.1, 0.15) is 43.2 Å². The van der Waals surface area contributed by atoms with Crippen LogP contribution in [0.3, 0.4) is 0 Å². The molecule has 1 N–H and O–H groups in total. The second-order valence-electron chi connectivity index (χ2n) is 7.92. The van der Waals surface area contributed by atoms with Gasteiger partial charge in [-0.2, -0.15) is 0 Å². The summed E-state index contributed by atoms with van der Waals surface area (Å²) in [6.07, 6.45) is 6.23. The van der Waals surface area contributed by atoms with Crippen molar-refractivity contribution in [3.05, 3.63) is 58.6 Å². The van der Waals surface area contributed by atoms with E-state index < -0.39 is 5.60 Å². The molecule has 3 aliphatic rings. The Kier molecular flexibility index (Phi) is 4.32. The van der Waals surface area contributed by atoms with E-state index in [1.54, 1.807) is 11.8 Å². The molecule has 2 aromatic carbocycles. The van der Waals surface area contributed by atoms with Crippen molar-refractivity contribution in [2.75, 3.05) is 13.1 Å². The van der Waals surface area contributed by atoms with Gasteiger partial charge in [0.25, 0.3) is 0 Å². The summed E-state index contributed by atoms with van der Waals surface area (Å²) in [6, 6.07) is 15.1. The van der Waals surface area contributed by atoms with Gasteiger partial charge in [-0.25, -0.2) is 0 Å². The third kappa shape index (κ3) is 2.63. The smallest absolute Gasteiger partial charge is 0.121 e. The molecule has 3 atom stereocenters. The molecule has 0 saturated carbocycles. The first-order valence-corrected chi connectivity index (χ1v) is 10.9. The van der Waals surface area contributed by atoms with E-state index in [1.807, 2.05) is 18.2 Å². The van der Waals surface area contributed by atoms with Gasteiger partial charge in [0.2, 0.25) is 0 Å². The Morgan fingerprint density at radius 2 is 1.85 bits per heavy atom. The molecule has 3 aliphatic heterocycles. The van der Waals surface area contributed by atoms with Crippen LogP contribution in [-0.2, 0) is 5.60 Å². The molecule has 2 fully saturated rings. The molecule has 2 saturated heterocycles. The minimum atomic E-state index is -0.954. The molecule has 4 heteroatoms. The molecule has 3 unspecified atom stereocenters. The fourth-order valence-electron chi connectivity index (χ4n) is 5.20. The lowest BCUT2D eigenvalue weighted by atomic mass is 9.71. The quantitative estimate of drug-likeness (QED) is 0.720. The predicted octanol–water partition coefficient (Wildman–Crippen LogP) is 5.31. The SMILES string of the molecule is OC1(C2CCC3CCCCN3C2)c2ccccc2Sc2ccc(Cl)cc21. The summed E-state index contributed by atoms with van der Waals surface area (Å²) in [5, 5.41) is 12.9. The number of hydrogen-bond acceptors (Lipinski definition) is 3. The van der Waals surface area contributed by atoms with Crippen molar-refractivity contribution in [1.82, 2.24) is 4.90 Å². The third-order valence-corrected chi connectivity index (χ3v) is 7.90. The molecule has 0 bridgehead atoms. The zero-order valence-corrected chi connectivity index (χ0v) is 16.4. The number of rotatable bonds is 1. The van der Waals surface area contributed by atoms with Gasteiger partial charge in [-0.1, -0.05) is 48.0 Å². The van der Waals surface area contributed by atoms with Crippen LogP contribution in [0.5, 0.6) is 0 Å². The van der Waals surface area contributed by atoms with Crippen molar-refractivity contribution < 1.29 is 5.11 Å². The van der Waals surface area contributed by atoms with Gasteiger partial charge in [-0.3, -0.25) is 4.90 Å². The molecule has 0 aliphatic carbocycles. The van der Waals surface area contributed by atoms with Crippen molar-refractivity contribution in [3.63, 3.8) is 0 Å². The zero-order chi connectivity index (χ0) is 17.7. The molecule has 2 aromatic rings. The predicted molar refractivity (Wildman–Crippen MR) is 107 cm³/mol. The number of piperidine rings is 2. The molecule has 5 rings (SSSR count). The molecule has 2 nitrogen and oxygen atoms in total. The van der Waals surface area contributed by atoms with Crippen LogP contribution in [0.25, 0.3) is 0 Å². The van der Waals surface area contributed by atoms with E-state index >= 15 is 0 Å². The van der Waals surface area contributed by atoms with Crippen LogP contribution in [0.15, 0.2) is 52.3 Å². The van der Waals surface area contributed by atoms with Crippen LogP contribution in [0.2, 0.25) is 5.02 Å². The maximum absolute atomic E-state index is 12.2. The molecule has 26 heavy (non-hydrogen) atoms. The topological polar surface area (TPSA) is 23.5 Å². The normalized spacial score (nSPS) is 31.0. The number of benzene rings is 2. The van der Waals surface area contributed by atoms with E-state index in [-0.39, 0.29) is 5.92 Å². The summed E-state index contributed by atoms with van der Waals surface area (Å²) in [5.41, 5.74) is 1.10. The van der Waals surface area contributed by atoms with Crippen LogP contribution in [0.4, 0.5) is 0 Å². The second-order valence-corrected chi connectivity index (χ2v) is 9.44. The van der Waals surface area contributed by atoms with Gasteiger partial charge in [-0.15, -0.1) is 0 Å². The van der Waals surface area contributed by atoms with E-state index in [4.69, 9.17) is 11.6 Å². The van der Waals surface area contributed by atoms with E-state index in [1.165, 1.54) is 37.1 Å². The van der Waals surface area contributed by atoms with Gasteiger partial charge in [0.15, 0.2) is 0 Å². The molecule has 0 spiro atoms. The summed E-state index contributed by atoms with van der Waals surface area (Å²) < 4.78 is 0. The van der Waals surface area contributed by atoms with Crippen molar-refractivity contribution in [1.29, 1.82) is 0 Å². The summed E-state index contributed by atoms with van der Waals surface area (Å²) in [4.78, 5) is 4.94. The number of fused-ring (bicyclic) bond motifs is 3. The van der Waals surface area contributed by atoms with E-state index in [0.717, 1.165) is 35.0 Å². The average Bonchev–Trinajstić information content (AvgIpc) is 2.68. The first-order chi connectivity index (χ1) is 12.7. The highest BCUT2D eigenvalue weighted by Crippen LogP contribution is 2.53. The Bertz CT molecular complexity index is 841. The highest BCUT2D eigenvalue weighted by molar-refractivity contribution is 7.99. The standard InChI is InChI=1S/C22H24ClNOS/c23-16-9-11-21-19(13-16)22(25,18-6-1-2-7-20(18)26-21)15-8-10-17-5-3-4-12-24(17)14-15/h1-2,6-7,9,11,13,15,17,25H,3-5,8,10,12,14H2. The maximum atomic E-state index is 12.2. The second kappa shape index (κ2) is 6.56. The Labute approximate surface area is 164 Å². The average molecular weight is 386 g/mol. The Hall–Kier alpha value is -1.00. The van der Waals surface area contributed by atoms with Gasteiger partial charge in [0, 0.05) is 44.4 Å². The van der Waals surface area contributed by atoms with Gasteiger partial charge < -0.3 is 5.11 Å². The summed E-state index contributed by atoms with van der Waals surface area (Å²) in [5.74, 6) is 0.205. The van der Waals surface area contributed by atoms with Crippen LogP contribution < -0.4 is 0 Å². The minimum absolute atomic E-state index is 0.205.